The molecule has 138 valence electrons. The highest BCUT2D eigenvalue weighted by molar-refractivity contribution is 6.32. The fourth-order valence-electron chi connectivity index (χ4n) is 3.05. The normalized spacial score (nSPS) is 11.4. The molecule has 1 heterocycles. The predicted molar refractivity (Wildman–Crippen MR) is 114 cm³/mol. The molecule has 28 heavy (non-hydrogen) atoms. The van der Waals surface area contributed by atoms with E-state index >= 15 is 0 Å². The molecule has 0 saturated heterocycles. The van der Waals surface area contributed by atoms with Gasteiger partial charge in [-0.15, -0.1) is 0 Å². The van der Waals surface area contributed by atoms with Gasteiger partial charge in [0.1, 0.15) is 11.2 Å². The van der Waals surface area contributed by atoms with Crippen LogP contribution in [-0.4, -0.2) is 5.91 Å². The van der Waals surface area contributed by atoms with Gasteiger partial charge in [-0.25, -0.2) is 0 Å². The van der Waals surface area contributed by atoms with Gasteiger partial charge in [0, 0.05) is 22.9 Å². The Balaban J connectivity index is 1.65. The molecule has 0 atom stereocenters. The predicted octanol–water partition coefficient (Wildman–Crippen LogP) is 5.56. The number of benzene rings is 3. The number of carbonyl (C=O) groups excluding carboxylic acids is 1. The van der Waals surface area contributed by atoms with Crippen LogP contribution < -0.4 is 10.7 Å². The highest BCUT2D eigenvalue weighted by Gasteiger charge is 2.10. The summed E-state index contributed by atoms with van der Waals surface area (Å²) in [6, 6.07) is 17.7. The van der Waals surface area contributed by atoms with E-state index in [0.29, 0.717) is 32.6 Å². The van der Waals surface area contributed by atoms with Crippen molar-refractivity contribution in [2.45, 2.75) is 6.92 Å². The van der Waals surface area contributed by atoms with Crippen LogP contribution in [0.4, 0.5) is 5.69 Å². The molecule has 0 unspecified atom stereocenters. The molecular weight excluding hydrogens is 374 g/mol. The molecule has 4 aromatic rings. The zero-order chi connectivity index (χ0) is 19.7. The van der Waals surface area contributed by atoms with Crippen molar-refractivity contribution in [3.8, 4) is 0 Å². The minimum Gasteiger partial charge on any atom is -0.455 e. The highest BCUT2D eigenvalue weighted by atomic mass is 35.5. The first-order chi connectivity index (χ1) is 13.5. The summed E-state index contributed by atoms with van der Waals surface area (Å²) in [4.78, 5) is 24.9. The van der Waals surface area contributed by atoms with E-state index in [1.165, 1.54) is 6.08 Å². The smallest absolute Gasteiger partial charge is 0.248 e. The Morgan fingerprint density at radius 1 is 1.04 bits per heavy atom. The van der Waals surface area contributed by atoms with Crippen LogP contribution >= 0.6 is 11.6 Å². The van der Waals surface area contributed by atoms with E-state index in [1.807, 2.05) is 37.3 Å². The molecule has 0 aliphatic heterocycles. The summed E-state index contributed by atoms with van der Waals surface area (Å²) in [5, 5.41) is 4.37. The van der Waals surface area contributed by atoms with Crippen LogP contribution in [0.2, 0.25) is 5.02 Å². The number of rotatable bonds is 3. The molecule has 0 saturated carbocycles. The molecule has 4 rings (SSSR count). The quantitative estimate of drug-likeness (QED) is 0.368. The van der Waals surface area contributed by atoms with Gasteiger partial charge in [0.2, 0.25) is 11.3 Å². The Morgan fingerprint density at radius 2 is 1.86 bits per heavy atom. The molecule has 0 spiro atoms. The van der Waals surface area contributed by atoms with Gasteiger partial charge >= 0.3 is 0 Å². The van der Waals surface area contributed by atoms with Crippen molar-refractivity contribution >= 4 is 51.2 Å². The van der Waals surface area contributed by atoms with Crippen LogP contribution in [0.1, 0.15) is 11.1 Å². The molecule has 4 nitrogen and oxygen atoms in total. The van der Waals surface area contributed by atoms with E-state index in [-0.39, 0.29) is 11.3 Å². The minimum atomic E-state index is -0.307. The maximum absolute atomic E-state index is 12.7. The van der Waals surface area contributed by atoms with Gasteiger partial charge < -0.3 is 9.73 Å². The van der Waals surface area contributed by atoms with Gasteiger partial charge in [-0.05, 0) is 48.4 Å². The lowest BCUT2D eigenvalue weighted by atomic mass is 10.1. The molecule has 0 radical (unpaired) electrons. The topological polar surface area (TPSA) is 59.3 Å². The zero-order valence-electron chi connectivity index (χ0n) is 15.0. The van der Waals surface area contributed by atoms with Gasteiger partial charge in [-0.2, -0.15) is 0 Å². The second-order valence-electron chi connectivity index (χ2n) is 6.44. The third kappa shape index (κ3) is 3.42. The number of amides is 1. The SMILES string of the molecule is Cc1cccc2c(=O)c3ccc(NC(=O)/C=C/c4ccccc4Cl)cc3oc12. The Hall–Kier alpha value is -3.37. The Labute approximate surface area is 166 Å². The van der Waals surface area contributed by atoms with Crippen LogP contribution in [-0.2, 0) is 4.79 Å². The van der Waals surface area contributed by atoms with Crippen molar-refractivity contribution in [3.05, 3.63) is 93.1 Å². The lowest BCUT2D eigenvalue weighted by Crippen LogP contribution is -2.08. The van der Waals surface area contributed by atoms with Gasteiger partial charge in [0.15, 0.2) is 0 Å². The van der Waals surface area contributed by atoms with Crippen molar-refractivity contribution < 1.29 is 9.21 Å². The number of para-hydroxylation sites is 1. The van der Waals surface area contributed by atoms with Crippen LogP contribution in [0.25, 0.3) is 28.0 Å². The monoisotopic (exact) mass is 389 g/mol. The molecule has 0 fully saturated rings. The fraction of sp³-hybridized carbons (Fsp3) is 0.0435. The number of hydrogen-bond donors (Lipinski definition) is 1. The van der Waals surface area contributed by atoms with Crippen LogP contribution in [0.15, 0.2) is 76.0 Å². The molecule has 0 aliphatic carbocycles. The number of carbonyl (C=O) groups is 1. The van der Waals surface area contributed by atoms with Crippen LogP contribution in [0, 0.1) is 6.92 Å². The van der Waals surface area contributed by atoms with Gasteiger partial charge in [-0.3, -0.25) is 9.59 Å². The van der Waals surface area contributed by atoms with Crippen molar-refractivity contribution in [2.75, 3.05) is 5.32 Å². The average molecular weight is 390 g/mol. The third-order valence-electron chi connectivity index (χ3n) is 4.48. The van der Waals surface area contributed by atoms with E-state index in [9.17, 15) is 9.59 Å². The summed E-state index contributed by atoms with van der Waals surface area (Å²) in [5.41, 5.74) is 3.08. The Kier molecular flexibility index (Phi) is 4.72. The van der Waals surface area contributed by atoms with Crippen molar-refractivity contribution in [1.82, 2.24) is 0 Å². The van der Waals surface area contributed by atoms with E-state index < -0.39 is 0 Å². The van der Waals surface area contributed by atoms with E-state index in [2.05, 4.69) is 5.32 Å². The first-order valence-corrected chi connectivity index (χ1v) is 9.10. The molecule has 3 aromatic carbocycles. The Bertz CT molecular complexity index is 1300. The summed E-state index contributed by atoms with van der Waals surface area (Å²) < 4.78 is 5.94. The Morgan fingerprint density at radius 3 is 2.68 bits per heavy atom. The molecule has 0 aliphatic rings. The van der Waals surface area contributed by atoms with E-state index in [1.54, 1.807) is 36.4 Å². The minimum absolute atomic E-state index is 0.0866. The summed E-state index contributed by atoms with van der Waals surface area (Å²) >= 11 is 6.08. The average Bonchev–Trinajstić information content (AvgIpc) is 2.68. The van der Waals surface area contributed by atoms with E-state index in [0.717, 1.165) is 11.1 Å². The lowest BCUT2D eigenvalue weighted by Gasteiger charge is -2.06. The number of anilines is 1. The van der Waals surface area contributed by atoms with Gasteiger partial charge in [-0.1, -0.05) is 41.9 Å². The maximum atomic E-state index is 12.7. The second-order valence-corrected chi connectivity index (χ2v) is 6.85. The molecule has 1 N–H and O–H groups in total. The summed E-state index contributed by atoms with van der Waals surface area (Å²) in [6.45, 7) is 1.89. The first kappa shape index (κ1) is 18.0. The highest BCUT2D eigenvalue weighted by Crippen LogP contribution is 2.24. The molecular formula is C23H16ClNO3. The first-order valence-electron chi connectivity index (χ1n) is 8.73. The number of hydrogen-bond acceptors (Lipinski definition) is 3. The molecule has 0 bridgehead atoms. The summed E-state index contributed by atoms with van der Waals surface area (Å²) in [6.07, 6.45) is 3.06. The zero-order valence-corrected chi connectivity index (χ0v) is 15.8. The number of nitrogens with one attached hydrogen (secondary N) is 1. The lowest BCUT2D eigenvalue weighted by molar-refractivity contribution is -0.111. The second kappa shape index (κ2) is 7.33. The van der Waals surface area contributed by atoms with Crippen LogP contribution in [0.5, 0.6) is 0 Å². The van der Waals surface area contributed by atoms with E-state index in [4.69, 9.17) is 16.0 Å². The standard InChI is InChI=1S/C23H16ClNO3/c1-14-5-4-7-18-22(27)17-11-10-16(13-20(17)28-23(14)18)25-21(26)12-9-15-6-2-3-8-19(15)24/h2-13H,1H3,(H,25,26)/b12-9+. The number of halogens is 1. The maximum Gasteiger partial charge on any atom is 0.248 e. The molecule has 1 amide bonds. The fourth-order valence-corrected chi connectivity index (χ4v) is 3.25. The number of aryl methyl sites for hydroxylation is 1. The van der Waals surface area contributed by atoms with Crippen molar-refractivity contribution in [1.29, 1.82) is 0 Å². The number of fused-ring (bicyclic) bond motifs is 2. The largest absolute Gasteiger partial charge is 0.455 e. The third-order valence-corrected chi connectivity index (χ3v) is 4.83. The van der Waals surface area contributed by atoms with Gasteiger partial charge in [0.25, 0.3) is 0 Å². The molecule has 1 aromatic heterocycles. The van der Waals surface area contributed by atoms with Crippen molar-refractivity contribution in [3.63, 3.8) is 0 Å². The van der Waals surface area contributed by atoms with Gasteiger partial charge in [0.05, 0.1) is 10.8 Å². The van der Waals surface area contributed by atoms with Crippen LogP contribution in [0.3, 0.4) is 0 Å². The molecule has 5 heteroatoms. The summed E-state index contributed by atoms with van der Waals surface area (Å²) in [7, 11) is 0. The van der Waals surface area contributed by atoms with Crippen molar-refractivity contribution in [2.24, 2.45) is 0 Å². The summed E-state index contributed by atoms with van der Waals surface area (Å²) in [5.74, 6) is -0.307.